The molecule has 112 valence electrons. The molecule has 1 aliphatic heterocycles. The molecule has 0 bridgehead atoms. The molecule has 0 aromatic carbocycles. The van der Waals surface area contributed by atoms with Gasteiger partial charge in [0.1, 0.15) is 0 Å². The number of carbonyl (C=O) groups is 1. The van der Waals surface area contributed by atoms with E-state index in [1.165, 1.54) is 0 Å². The van der Waals surface area contributed by atoms with E-state index in [1.54, 1.807) is 0 Å². The van der Waals surface area contributed by atoms with E-state index in [-0.39, 0.29) is 11.6 Å². The molecule has 2 amide bonds. The molecular weight excluding hydrogens is 242 g/mol. The molecule has 1 rings (SSSR count). The highest BCUT2D eigenvalue weighted by molar-refractivity contribution is 5.74. The van der Waals surface area contributed by atoms with Crippen LogP contribution in [-0.2, 0) is 4.74 Å². The van der Waals surface area contributed by atoms with Gasteiger partial charge in [0, 0.05) is 38.3 Å². The van der Waals surface area contributed by atoms with Crippen molar-refractivity contribution in [1.82, 2.24) is 15.1 Å². The van der Waals surface area contributed by atoms with Crippen LogP contribution in [0.1, 0.15) is 34.1 Å². The van der Waals surface area contributed by atoms with Crippen molar-refractivity contribution in [1.29, 1.82) is 0 Å². The number of hydrogen-bond donors (Lipinski definition) is 1. The summed E-state index contributed by atoms with van der Waals surface area (Å²) in [7, 11) is 0. The Morgan fingerprint density at radius 2 is 1.95 bits per heavy atom. The van der Waals surface area contributed by atoms with Gasteiger partial charge in [0.2, 0.25) is 0 Å². The van der Waals surface area contributed by atoms with Crippen molar-refractivity contribution in [2.45, 2.75) is 39.7 Å². The lowest BCUT2D eigenvalue weighted by Crippen LogP contribution is -2.49. The van der Waals surface area contributed by atoms with Crippen LogP contribution in [-0.4, -0.2) is 67.3 Å². The molecule has 1 aliphatic rings. The smallest absolute Gasteiger partial charge is 0.317 e. The van der Waals surface area contributed by atoms with E-state index >= 15 is 0 Å². The molecule has 5 heteroatoms. The van der Waals surface area contributed by atoms with Crippen LogP contribution in [0.4, 0.5) is 4.79 Å². The fourth-order valence-electron chi connectivity index (χ4n) is 2.11. The van der Waals surface area contributed by atoms with Crippen molar-refractivity contribution >= 4 is 6.03 Å². The summed E-state index contributed by atoms with van der Waals surface area (Å²) >= 11 is 0. The van der Waals surface area contributed by atoms with Gasteiger partial charge in [0.05, 0.1) is 13.2 Å². The summed E-state index contributed by atoms with van der Waals surface area (Å²) in [4.78, 5) is 16.3. The van der Waals surface area contributed by atoms with Gasteiger partial charge in [-0.15, -0.1) is 0 Å². The number of carbonyl (C=O) groups excluding carboxylic acids is 1. The molecule has 0 unspecified atom stereocenters. The second kappa shape index (κ2) is 7.70. The SMILES string of the molecule is CCN(CCCN1CCOCC1)C(=O)NC(C)(C)C. The average Bonchev–Trinajstić information content (AvgIpc) is 2.33. The maximum atomic E-state index is 12.1. The highest BCUT2D eigenvalue weighted by Gasteiger charge is 2.18. The molecule has 19 heavy (non-hydrogen) atoms. The summed E-state index contributed by atoms with van der Waals surface area (Å²) in [6, 6.07) is 0.0389. The summed E-state index contributed by atoms with van der Waals surface area (Å²) in [6.45, 7) is 14.4. The standard InChI is InChI=1S/C14H29N3O2/c1-5-17(13(18)15-14(2,3)4)8-6-7-16-9-11-19-12-10-16/h5-12H2,1-4H3,(H,15,18). The zero-order chi connectivity index (χ0) is 14.3. The van der Waals surface area contributed by atoms with E-state index < -0.39 is 0 Å². The number of rotatable bonds is 5. The lowest BCUT2D eigenvalue weighted by Gasteiger charge is -2.30. The molecule has 0 atom stereocenters. The molecule has 1 N–H and O–H groups in total. The van der Waals surface area contributed by atoms with Gasteiger partial charge in [-0.1, -0.05) is 0 Å². The average molecular weight is 271 g/mol. The van der Waals surface area contributed by atoms with E-state index in [4.69, 9.17) is 4.74 Å². The molecule has 5 nitrogen and oxygen atoms in total. The molecule has 1 heterocycles. The highest BCUT2D eigenvalue weighted by atomic mass is 16.5. The van der Waals surface area contributed by atoms with Crippen LogP contribution in [0.25, 0.3) is 0 Å². The molecule has 1 fully saturated rings. The van der Waals surface area contributed by atoms with Gasteiger partial charge < -0.3 is 15.0 Å². The van der Waals surface area contributed by atoms with Crippen LogP contribution in [0.5, 0.6) is 0 Å². The van der Waals surface area contributed by atoms with Crippen LogP contribution in [0.3, 0.4) is 0 Å². The molecule has 0 aliphatic carbocycles. The Bertz CT molecular complexity index is 270. The third kappa shape index (κ3) is 6.78. The minimum Gasteiger partial charge on any atom is -0.379 e. The minimum atomic E-state index is -0.172. The van der Waals surface area contributed by atoms with Crippen LogP contribution in [0.15, 0.2) is 0 Å². The third-order valence-electron chi connectivity index (χ3n) is 3.16. The van der Waals surface area contributed by atoms with Crippen molar-refractivity contribution in [3.05, 3.63) is 0 Å². The number of morpholine rings is 1. The molecule has 0 spiro atoms. The van der Waals surface area contributed by atoms with E-state index in [0.29, 0.717) is 0 Å². The van der Waals surface area contributed by atoms with Gasteiger partial charge in [-0.2, -0.15) is 0 Å². The normalized spacial score (nSPS) is 17.3. The number of amides is 2. The van der Waals surface area contributed by atoms with Crippen LogP contribution < -0.4 is 5.32 Å². The summed E-state index contributed by atoms with van der Waals surface area (Å²) in [6.07, 6.45) is 1.02. The van der Waals surface area contributed by atoms with Gasteiger partial charge in [-0.05, 0) is 34.1 Å². The largest absolute Gasteiger partial charge is 0.379 e. The van der Waals surface area contributed by atoms with Crippen molar-refractivity contribution in [2.75, 3.05) is 45.9 Å². The maximum Gasteiger partial charge on any atom is 0.317 e. The summed E-state index contributed by atoms with van der Waals surface area (Å²) in [5, 5.41) is 3.01. The first-order valence-corrected chi connectivity index (χ1v) is 7.29. The quantitative estimate of drug-likeness (QED) is 0.825. The highest BCUT2D eigenvalue weighted by Crippen LogP contribution is 2.03. The van der Waals surface area contributed by atoms with Crippen LogP contribution in [0, 0.1) is 0 Å². The van der Waals surface area contributed by atoms with E-state index in [1.807, 2.05) is 32.6 Å². The Kier molecular flexibility index (Phi) is 6.58. The molecule has 1 saturated heterocycles. The van der Waals surface area contributed by atoms with Crippen molar-refractivity contribution in [3.63, 3.8) is 0 Å². The Balaban J connectivity index is 2.25. The number of nitrogens with one attached hydrogen (secondary N) is 1. The first-order chi connectivity index (χ1) is 8.92. The summed E-state index contributed by atoms with van der Waals surface area (Å²) in [5.74, 6) is 0. The van der Waals surface area contributed by atoms with Gasteiger partial charge >= 0.3 is 6.03 Å². The van der Waals surface area contributed by atoms with E-state index in [0.717, 1.165) is 52.4 Å². The fraction of sp³-hybridized carbons (Fsp3) is 0.929. The lowest BCUT2D eigenvalue weighted by molar-refractivity contribution is 0.0365. The Labute approximate surface area is 117 Å². The lowest BCUT2D eigenvalue weighted by atomic mass is 10.1. The van der Waals surface area contributed by atoms with Crippen molar-refractivity contribution in [3.8, 4) is 0 Å². The van der Waals surface area contributed by atoms with E-state index in [9.17, 15) is 4.79 Å². The number of nitrogens with zero attached hydrogens (tertiary/aromatic N) is 2. The van der Waals surface area contributed by atoms with Gasteiger partial charge in [0.15, 0.2) is 0 Å². The first kappa shape index (κ1) is 16.2. The summed E-state index contributed by atoms with van der Waals surface area (Å²) < 4.78 is 5.33. The fourth-order valence-corrected chi connectivity index (χ4v) is 2.11. The predicted octanol–water partition coefficient (Wildman–Crippen LogP) is 1.54. The van der Waals surface area contributed by atoms with Gasteiger partial charge in [0.25, 0.3) is 0 Å². The Morgan fingerprint density at radius 1 is 1.32 bits per heavy atom. The molecule has 0 radical (unpaired) electrons. The maximum absolute atomic E-state index is 12.1. The predicted molar refractivity (Wildman–Crippen MR) is 77.4 cm³/mol. The topological polar surface area (TPSA) is 44.8 Å². The van der Waals surface area contributed by atoms with Crippen LogP contribution in [0.2, 0.25) is 0 Å². The van der Waals surface area contributed by atoms with Crippen LogP contribution >= 0.6 is 0 Å². The van der Waals surface area contributed by atoms with E-state index in [2.05, 4.69) is 10.2 Å². The molecule has 0 aromatic heterocycles. The first-order valence-electron chi connectivity index (χ1n) is 7.29. The number of hydrogen-bond acceptors (Lipinski definition) is 3. The van der Waals surface area contributed by atoms with Crippen molar-refractivity contribution in [2.24, 2.45) is 0 Å². The Hall–Kier alpha value is -0.810. The molecule has 0 saturated carbocycles. The van der Waals surface area contributed by atoms with Gasteiger partial charge in [-0.25, -0.2) is 4.79 Å². The molecular formula is C14H29N3O2. The number of urea groups is 1. The third-order valence-corrected chi connectivity index (χ3v) is 3.16. The Morgan fingerprint density at radius 3 is 2.47 bits per heavy atom. The van der Waals surface area contributed by atoms with Crippen molar-refractivity contribution < 1.29 is 9.53 Å². The second-order valence-corrected chi connectivity index (χ2v) is 6.07. The monoisotopic (exact) mass is 271 g/mol. The molecule has 0 aromatic rings. The summed E-state index contributed by atoms with van der Waals surface area (Å²) in [5.41, 5.74) is -0.172. The number of ether oxygens (including phenoxy) is 1. The zero-order valence-corrected chi connectivity index (χ0v) is 12.9. The minimum absolute atomic E-state index is 0.0389. The second-order valence-electron chi connectivity index (χ2n) is 6.07. The van der Waals surface area contributed by atoms with Gasteiger partial charge in [-0.3, -0.25) is 4.90 Å². The zero-order valence-electron chi connectivity index (χ0n) is 12.9.